The van der Waals surface area contributed by atoms with Crippen LogP contribution in [0.4, 0.5) is 5.82 Å². The molecule has 2 aromatic carbocycles. The molecule has 162 valence electrons. The number of hydrogen-bond donors (Lipinski definition) is 1. The van der Waals surface area contributed by atoms with Gasteiger partial charge < -0.3 is 9.84 Å². The second-order valence-electron chi connectivity index (χ2n) is 7.79. The third kappa shape index (κ3) is 3.42. The van der Waals surface area contributed by atoms with Crippen LogP contribution in [-0.4, -0.2) is 20.8 Å². The second-order valence-corrected chi connectivity index (χ2v) is 9.19. The lowest BCUT2D eigenvalue weighted by molar-refractivity contribution is 0.102. The van der Waals surface area contributed by atoms with Crippen molar-refractivity contribution in [3.63, 3.8) is 0 Å². The van der Waals surface area contributed by atoms with Crippen LogP contribution in [0.5, 0.6) is 0 Å². The fourth-order valence-electron chi connectivity index (χ4n) is 3.93. The van der Waals surface area contributed by atoms with Gasteiger partial charge in [0, 0.05) is 22.6 Å². The topological polar surface area (TPSA) is 73.0 Å². The summed E-state index contributed by atoms with van der Waals surface area (Å²) < 4.78 is 7.24. The molecule has 0 unspecified atom stereocenters. The zero-order chi connectivity index (χ0) is 22.4. The highest BCUT2D eigenvalue weighted by Crippen LogP contribution is 2.38. The van der Waals surface area contributed by atoms with Gasteiger partial charge in [-0.05, 0) is 44.0 Å². The molecule has 8 heteroatoms. The number of thioether (sulfide) groups is 1. The van der Waals surface area contributed by atoms with Crippen LogP contribution in [0.1, 0.15) is 38.5 Å². The molecule has 0 saturated carbocycles. The summed E-state index contributed by atoms with van der Waals surface area (Å²) in [5.74, 6) is 2.45. The maximum Gasteiger partial charge on any atom is 0.262 e. The first-order valence-corrected chi connectivity index (χ1v) is 11.8. The molecule has 1 aliphatic rings. The summed E-state index contributed by atoms with van der Waals surface area (Å²) in [6.45, 7) is 5.86. The van der Waals surface area contributed by atoms with E-state index in [1.165, 1.54) is 5.56 Å². The van der Waals surface area contributed by atoms with Crippen LogP contribution in [-0.2, 0) is 11.5 Å². The number of hydrogen-bond acceptors (Lipinski definition) is 5. The van der Waals surface area contributed by atoms with Gasteiger partial charge in [0.1, 0.15) is 22.8 Å². The van der Waals surface area contributed by atoms with E-state index in [4.69, 9.17) is 21.2 Å². The van der Waals surface area contributed by atoms with Crippen molar-refractivity contribution in [3.8, 4) is 16.9 Å². The minimum atomic E-state index is -0.301. The standard InChI is InChI=1S/C24H21ClN4O2S/c1-13-7-6-10-20(14(13)2)29-23(17-11-32-12-19(17)27-29)26-24(30)21-15(3)31-28-22(21)16-8-4-5-9-18(16)25/h4-10H,11-12H2,1-3H3,(H,26,30). The van der Waals surface area contributed by atoms with Crippen LogP contribution in [0.3, 0.4) is 0 Å². The van der Waals surface area contributed by atoms with E-state index in [1.54, 1.807) is 24.8 Å². The van der Waals surface area contributed by atoms with Crippen LogP contribution in [0.2, 0.25) is 5.02 Å². The lowest BCUT2D eigenvalue weighted by Crippen LogP contribution is -2.18. The van der Waals surface area contributed by atoms with Gasteiger partial charge in [0.05, 0.1) is 16.4 Å². The average Bonchev–Trinajstić information content (AvgIpc) is 3.46. The number of aromatic nitrogens is 3. The second kappa shape index (κ2) is 8.15. The van der Waals surface area contributed by atoms with Gasteiger partial charge in [-0.15, -0.1) is 0 Å². The van der Waals surface area contributed by atoms with Crippen molar-refractivity contribution in [2.45, 2.75) is 32.3 Å². The van der Waals surface area contributed by atoms with Crippen LogP contribution in [0.15, 0.2) is 47.0 Å². The van der Waals surface area contributed by atoms with Gasteiger partial charge in [0.25, 0.3) is 5.91 Å². The molecule has 1 amide bonds. The van der Waals surface area contributed by atoms with Crippen molar-refractivity contribution in [1.29, 1.82) is 0 Å². The predicted molar refractivity (Wildman–Crippen MR) is 128 cm³/mol. The van der Waals surface area contributed by atoms with E-state index >= 15 is 0 Å². The molecule has 1 aliphatic heterocycles. The summed E-state index contributed by atoms with van der Waals surface area (Å²) in [6, 6.07) is 13.4. The highest BCUT2D eigenvalue weighted by atomic mass is 35.5. The van der Waals surface area contributed by atoms with Crippen molar-refractivity contribution in [2.24, 2.45) is 0 Å². The third-order valence-corrected chi connectivity index (χ3v) is 7.11. The number of fused-ring (bicyclic) bond motifs is 1. The van der Waals surface area contributed by atoms with Crippen LogP contribution >= 0.6 is 23.4 Å². The monoisotopic (exact) mass is 464 g/mol. The molecule has 0 spiro atoms. The number of nitrogens with zero attached hydrogens (tertiary/aromatic N) is 3. The Labute approximate surface area is 194 Å². The maximum atomic E-state index is 13.5. The molecule has 0 saturated heterocycles. The van der Waals surface area contributed by atoms with Crippen molar-refractivity contribution in [3.05, 3.63) is 81.2 Å². The Morgan fingerprint density at radius 1 is 1.12 bits per heavy atom. The molecule has 4 aromatic rings. The number of aryl methyl sites for hydroxylation is 2. The number of nitrogens with one attached hydrogen (secondary N) is 1. The van der Waals surface area contributed by atoms with Crippen molar-refractivity contribution >= 4 is 35.1 Å². The molecule has 6 nitrogen and oxygen atoms in total. The Balaban J connectivity index is 1.59. The Hall–Kier alpha value is -3.03. The highest BCUT2D eigenvalue weighted by molar-refractivity contribution is 7.98. The van der Waals surface area contributed by atoms with E-state index in [0.29, 0.717) is 33.4 Å². The Morgan fingerprint density at radius 3 is 2.75 bits per heavy atom. The van der Waals surface area contributed by atoms with Gasteiger partial charge in [-0.3, -0.25) is 4.79 Å². The number of carbonyl (C=O) groups excluding carboxylic acids is 1. The van der Waals surface area contributed by atoms with E-state index in [9.17, 15) is 4.79 Å². The molecular weight excluding hydrogens is 444 g/mol. The Kier molecular flexibility index (Phi) is 5.31. The molecule has 5 rings (SSSR count). The molecular formula is C24H21ClN4O2S. The minimum absolute atomic E-state index is 0.301. The largest absolute Gasteiger partial charge is 0.360 e. The molecule has 0 fully saturated rings. The fourth-order valence-corrected chi connectivity index (χ4v) is 5.19. The minimum Gasteiger partial charge on any atom is -0.360 e. The molecule has 0 atom stereocenters. The summed E-state index contributed by atoms with van der Waals surface area (Å²) >= 11 is 8.16. The third-order valence-electron chi connectivity index (χ3n) is 5.81. The number of benzene rings is 2. The maximum absolute atomic E-state index is 13.5. The summed E-state index contributed by atoms with van der Waals surface area (Å²) in [5, 5.41) is 12.6. The quantitative estimate of drug-likeness (QED) is 0.394. The van der Waals surface area contributed by atoms with Crippen LogP contribution in [0, 0.1) is 20.8 Å². The number of rotatable bonds is 4. The molecule has 0 aliphatic carbocycles. The first-order chi connectivity index (χ1) is 15.5. The summed E-state index contributed by atoms with van der Waals surface area (Å²) in [5.41, 5.74) is 6.74. The normalized spacial score (nSPS) is 12.8. The van der Waals surface area contributed by atoms with Gasteiger partial charge in [-0.2, -0.15) is 16.9 Å². The van der Waals surface area contributed by atoms with Gasteiger partial charge in [0.15, 0.2) is 0 Å². The van der Waals surface area contributed by atoms with Gasteiger partial charge >= 0.3 is 0 Å². The number of halogens is 1. The summed E-state index contributed by atoms with van der Waals surface area (Å²) in [7, 11) is 0. The Bertz CT molecular complexity index is 1360. The lowest BCUT2D eigenvalue weighted by atomic mass is 10.1. The molecule has 0 radical (unpaired) electrons. The molecule has 32 heavy (non-hydrogen) atoms. The van der Waals surface area contributed by atoms with Crippen LogP contribution < -0.4 is 5.32 Å². The number of amides is 1. The highest BCUT2D eigenvalue weighted by Gasteiger charge is 2.29. The van der Waals surface area contributed by atoms with Gasteiger partial charge in [-0.1, -0.05) is 47.1 Å². The lowest BCUT2D eigenvalue weighted by Gasteiger charge is -2.14. The van der Waals surface area contributed by atoms with Gasteiger partial charge in [0.2, 0.25) is 0 Å². The van der Waals surface area contributed by atoms with Crippen molar-refractivity contribution < 1.29 is 9.32 Å². The average molecular weight is 465 g/mol. The van der Waals surface area contributed by atoms with E-state index in [0.717, 1.165) is 34.0 Å². The summed E-state index contributed by atoms with van der Waals surface area (Å²) in [4.78, 5) is 13.5. The van der Waals surface area contributed by atoms with Crippen molar-refractivity contribution in [2.75, 3.05) is 5.32 Å². The fraction of sp³-hybridized carbons (Fsp3) is 0.208. The zero-order valence-corrected chi connectivity index (χ0v) is 19.5. The predicted octanol–water partition coefficient (Wildman–Crippen LogP) is 6.11. The van der Waals surface area contributed by atoms with E-state index < -0.39 is 0 Å². The van der Waals surface area contributed by atoms with E-state index in [2.05, 4.69) is 30.4 Å². The van der Waals surface area contributed by atoms with Gasteiger partial charge in [-0.25, -0.2) is 4.68 Å². The molecule has 1 N–H and O–H groups in total. The first-order valence-electron chi connectivity index (χ1n) is 10.2. The van der Waals surface area contributed by atoms with E-state index in [-0.39, 0.29) is 5.91 Å². The van der Waals surface area contributed by atoms with E-state index in [1.807, 2.05) is 35.0 Å². The molecule has 2 aromatic heterocycles. The SMILES string of the molecule is Cc1cccc(-n2nc3c(c2NC(=O)c2c(-c4ccccc4Cl)noc2C)CSC3)c1C. The first kappa shape index (κ1) is 20.8. The number of carbonyl (C=O) groups is 1. The Morgan fingerprint density at radius 2 is 1.94 bits per heavy atom. The summed E-state index contributed by atoms with van der Waals surface area (Å²) in [6.07, 6.45) is 0. The van der Waals surface area contributed by atoms with Crippen molar-refractivity contribution in [1.82, 2.24) is 14.9 Å². The molecule has 0 bridgehead atoms. The molecule has 3 heterocycles. The smallest absolute Gasteiger partial charge is 0.262 e. The number of anilines is 1. The van der Waals surface area contributed by atoms with Crippen LogP contribution in [0.25, 0.3) is 16.9 Å². The zero-order valence-electron chi connectivity index (χ0n) is 17.9.